The fraction of sp³-hybridized carbons (Fsp3) is 0.125. The Morgan fingerprint density at radius 1 is 1.24 bits per heavy atom. The monoisotopic (exact) mass is 537 g/mol. The number of hydrogen-bond acceptors (Lipinski definition) is 9. The van der Waals surface area contributed by atoms with Gasteiger partial charge in [0.05, 0.1) is 23.5 Å². The standard InChI is InChI=1S/C24H20ClN7O4S/c1-2-36-19-8-6-18(7-9-19)31-23(17-4-3-11-26-14-17)29-30-24(31)37-15-22(33)28-27-13-16-5-10-20(25)21(12-16)32(34)35/h3-14H,2,15H2,1H3,(H,28,33). The van der Waals surface area contributed by atoms with Gasteiger partial charge in [0.1, 0.15) is 10.8 Å². The predicted molar refractivity (Wildman–Crippen MR) is 140 cm³/mol. The Hall–Kier alpha value is -4.29. The summed E-state index contributed by atoms with van der Waals surface area (Å²) < 4.78 is 7.37. The van der Waals surface area contributed by atoms with Crippen LogP contribution in [-0.4, -0.2) is 49.2 Å². The van der Waals surface area contributed by atoms with Gasteiger partial charge in [0, 0.05) is 35.3 Å². The number of rotatable bonds is 10. The molecule has 0 saturated heterocycles. The van der Waals surface area contributed by atoms with Crippen LogP contribution in [0.5, 0.6) is 5.75 Å². The van der Waals surface area contributed by atoms with Gasteiger partial charge in [0.2, 0.25) is 0 Å². The second-order valence-electron chi connectivity index (χ2n) is 7.36. The highest BCUT2D eigenvalue weighted by Crippen LogP contribution is 2.28. The lowest BCUT2D eigenvalue weighted by Gasteiger charge is -2.11. The van der Waals surface area contributed by atoms with Crippen LogP contribution in [0.15, 0.2) is 77.2 Å². The highest BCUT2D eigenvalue weighted by atomic mass is 35.5. The third-order valence-corrected chi connectivity index (χ3v) is 6.11. The number of nitrogens with zero attached hydrogens (tertiary/aromatic N) is 6. The Bertz CT molecular complexity index is 1430. The van der Waals surface area contributed by atoms with E-state index in [0.717, 1.165) is 17.0 Å². The number of thioether (sulfide) groups is 1. The number of carbonyl (C=O) groups excluding carboxylic acids is 1. The summed E-state index contributed by atoms with van der Waals surface area (Å²) in [6, 6.07) is 15.4. The Morgan fingerprint density at radius 2 is 2.05 bits per heavy atom. The van der Waals surface area contributed by atoms with Crippen molar-refractivity contribution in [3.8, 4) is 22.8 Å². The molecule has 0 radical (unpaired) electrons. The van der Waals surface area contributed by atoms with Crippen LogP contribution in [0, 0.1) is 10.1 Å². The third-order valence-electron chi connectivity index (χ3n) is 4.86. The molecule has 11 nitrogen and oxygen atoms in total. The lowest BCUT2D eigenvalue weighted by Crippen LogP contribution is -2.20. The molecule has 4 aromatic rings. The van der Waals surface area contributed by atoms with E-state index < -0.39 is 10.8 Å². The number of amides is 1. The first-order valence-corrected chi connectivity index (χ1v) is 12.3. The Labute approximate surface area is 220 Å². The van der Waals surface area contributed by atoms with E-state index in [1.54, 1.807) is 24.5 Å². The van der Waals surface area contributed by atoms with Crippen molar-refractivity contribution in [2.24, 2.45) is 5.10 Å². The van der Waals surface area contributed by atoms with Crippen LogP contribution in [0.2, 0.25) is 5.02 Å². The molecule has 2 aromatic heterocycles. The number of nitrogens with one attached hydrogen (secondary N) is 1. The fourth-order valence-corrected chi connectivity index (χ4v) is 4.16. The quantitative estimate of drug-likeness (QED) is 0.135. The van der Waals surface area contributed by atoms with E-state index in [4.69, 9.17) is 16.3 Å². The van der Waals surface area contributed by atoms with Crippen molar-refractivity contribution in [3.63, 3.8) is 0 Å². The minimum Gasteiger partial charge on any atom is -0.494 e. The van der Waals surface area contributed by atoms with E-state index >= 15 is 0 Å². The van der Waals surface area contributed by atoms with Crippen LogP contribution >= 0.6 is 23.4 Å². The number of hydrazone groups is 1. The van der Waals surface area contributed by atoms with Crippen LogP contribution in [0.25, 0.3) is 17.1 Å². The molecule has 2 heterocycles. The van der Waals surface area contributed by atoms with Crippen LogP contribution in [-0.2, 0) is 4.79 Å². The van der Waals surface area contributed by atoms with E-state index in [2.05, 4.69) is 25.7 Å². The van der Waals surface area contributed by atoms with Crippen LogP contribution in [0.4, 0.5) is 5.69 Å². The molecular formula is C24H20ClN7O4S. The average molecular weight is 538 g/mol. The van der Waals surface area contributed by atoms with Gasteiger partial charge in [-0.25, -0.2) is 5.43 Å². The van der Waals surface area contributed by atoms with Crippen LogP contribution in [0.1, 0.15) is 12.5 Å². The molecule has 0 bridgehead atoms. The van der Waals surface area contributed by atoms with Crippen molar-refractivity contribution in [2.45, 2.75) is 12.1 Å². The van der Waals surface area contributed by atoms with E-state index in [0.29, 0.717) is 23.2 Å². The van der Waals surface area contributed by atoms with Gasteiger partial charge in [-0.1, -0.05) is 29.4 Å². The number of nitro groups is 1. The number of halogens is 1. The molecule has 0 unspecified atom stereocenters. The van der Waals surface area contributed by atoms with Crippen LogP contribution < -0.4 is 10.2 Å². The molecule has 0 aliphatic carbocycles. The van der Waals surface area contributed by atoms with Gasteiger partial charge < -0.3 is 4.74 Å². The fourth-order valence-electron chi connectivity index (χ4n) is 3.23. The largest absolute Gasteiger partial charge is 0.494 e. The number of hydrogen-bond donors (Lipinski definition) is 1. The summed E-state index contributed by atoms with van der Waals surface area (Å²) in [6.45, 7) is 2.47. The predicted octanol–water partition coefficient (Wildman–Crippen LogP) is 4.53. The number of ether oxygens (including phenoxy) is 1. The summed E-state index contributed by atoms with van der Waals surface area (Å²) in [6.07, 6.45) is 4.66. The molecule has 0 aliphatic rings. The van der Waals surface area contributed by atoms with E-state index in [1.165, 1.54) is 30.1 Å². The molecule has 0 saturated carbocycles. The van der Waals surface area contributed by atoms with Gasteiger partial charge in [-0.3, -0.25) is 24.5 Å². The SMILES string of the molecule is CCOc1ccc(-n2c(SCC(=O)NN=Cc3ccc(Cl)c([N+](=O)[O-])c3)nnc2-c2cccnc2)cc1. The number of carbonyl (C=O) groups is 1. The molecule has 1 N–H and O–H groups in total. The smallest absolute Gasteiger partial charge is 0.288 e. The van der Waals surface area contributed by atoms with Gasteiger partial charge >= 0.3 is 0 Å². The summed E-state index contributed by atoms with van der Waals surface area (Å²) in [5.74, 6) is 0.913. The topological polar surface area (TPSA) is 137 Å². The van der Waals surface area contributed by atoms with Crippen molar-refractivity contribution < 1.29 is 14.5 Å². The normalized spacial score (nSPS) is 11.0. The molecule has 2 aromatic carbocycles. The second kappa shape index (κ2) is 12.1. The molecule has 0 spiro atoms. The maximum absolute atomic E-state index is 12.4. The molecule has 0 aliphatic heterocycles. The first-order valence-electron chi connectivity index (χ1n) is 10.9. The second-order valence-corrected chi connectivity index (χ2v) is 8.71. The average Bonchev–Trinajstić information content (AvgIpc) is 3.33. The number of nitro benzene ring substituents is 1. The molecule has 13 heteroatoms. The summed E-state index contributed by atoms with van der Waals surface area (Å²) in [4.78, 5) is 27.0. The molecule has 0 atom stereocenters. The molecule has 188 valence electrons. The molecular weight excluding hydrogens is 518 g/mol. The Morgan fingerprint density at radius 3 is 2.76 bits per heavy atom. The maximum Gasteiger partial charge on any atom is 0.288 e. The zero-order chi connectivity index (χ0) is 26.2. The van der Waals surface area contributed by atoms with Crippen molar-refractivity contribution in [3.05, 3.63) is 87.7 Å². The lowest BCUT2D eigenvalue weighted by atomic mass is 10.2. The van der Waals surface area contributed by atoms with Gasteiger partial charge in [-0.15, -0.1) is 10.2 Å². The summed E-state index contributed by atoms with van der Waals surface area (Å²) >= 11 is 6.99. The summed E-state index contributed by atoms with van der Waals surface area (Å²) in [7, 11) is 0. The van der Waals surface area contributed by atoms with E-state index in [1.807, 2.05) is 41.8 Å². The van der Waals surface area contributed by atoms with Gasteiger partial charge in [0.15, 0.2) is 11.0 Å². The third kappa shape index (κ3) is 6.48. The highest BCUT2D eigenvalue weighted by molar-refractivity contribution is 7.99. The van der Waals surface area contributed by atoms with Crippen LogP contribution in [0.3, 0.4) is 0 Å². The zero-order valence-corrected chi connectivity index (χ0v) is 21.0. The zero-order valence-electron chi connectivity index (χ0n) is 19.4. The first kappa shape index (κ1) is 25.8. The molecule has 37 heavy (non-hydrogen) atoms. The molecule has 1 amide bonds. The van der Waals surface area contributed by atoms with E-state index in [9.17, 15) is 14.9 Å². The Kier molecular flexibility index (Phi) is 8.44. The van der Waals surface area contributed by atoms with Crippen molar-refractivity contribution in [1.82, 2.24) is 25.2 Å². The highest BCUT2D eigenvalue weighted by Gasteiger charge is 2.18. The maximum atomic E-state index is 12.4. The molecule has 4 rings (SSSR count). The van der Waals surface area contributed by atoms with Crippen molar-refractivity contribution in [2.75, 3.05) is 12.4 Å². The first-order chi connectivity index (χ1) is 18.0. The number of benzene rings is 2. The minimum absolute atomic E-state index is 0.000306. The molecule has 0 fully saturated rings. The Balaban J connectivity index is 1.49. The van der Waals surface area contributed by atoms with Crippen molar-refractivity contribution in [1.29, 1.82) is 0 Å². The van der Waals surface area contributed by atoms with Gasteiger partial charge in [-0.2, -0.15) is 5.10 Å². The number of aromatic nitrogens is 4. The van der Waals surface area contributed by atoms with E-state index in [-0.39, 0.29) is 16.5 Å². The minimum atomic E-state index is -0.588. The number of pyridine rings is 1. The van der Waals surface area contributed by atoms with Crippen molar-refractivity contribution >= 4 is 41.2 Å². The summed E-state index contributed by atoms with van der Waals surface area (Å²) in [5, 5.41) is 24.0. The van der Waals surface area contributed by atoms with Gasteiger partial charge in [0.25, 0.3) is 11.6 Å². The van der Waals surface area contributed by atoms with Gasteiger partial charge in [-0.05, 0) is 49.4 Å². The lowest BCUT2D eigenvalue weighted by molar-refractivity contribution is -0.384. The summed E-state index contributed by atoms with van der Waals surface area (Å²) in [5.41, 5.74) is 4.13.